The van der Waals surface area contributed by atoms with E-state index in [-0.39, 0.29) is 35.7 Å². The summed E-state index contributed by atoms with van der Waals surface area (Å²) in [5, 5.41) is 2.80. The van der Waals surface area contributed by atoms with Crippen molar-refractivity contribution in [3.63, 3.8) is 0 Å². The first kappa shape index (κ1) is 25.5. The molecule has 0 aliphatic heterocycles. The average molecular weight is 541 g/mol. The fourth-order valence-electron chi connectivity index (χ4n) is 2.58. The van der Waals surface area contributed by atoms with Crippen molar-refractivity contribution in [3.8, 4) is 23.0 Å². The van der Waals surface area contributed by atoms with Crippen LogP contribution in [0.4, 0.5) is 18.9 Å². The van der Waals surface area contributed by atoms with E-state index in [1.54, 1.807) is 6.07 Å². The highest BCUT2D eigenvalue weighted by Gasteiger charge is 2.30. The maximum Gasteiger partial charge on any atom is 0.573 e. The van der Waals surface area contributed by atoms with Gasteiger partial charge in [-0.15, -0.1) is 37.1 Å². The molecule has 3 N–H and O–H groups in total. The van der Waals surface area contributed by atoms with E-state index in [2.05, 4.69) is 15.0 Å². The number of guanidine groups is 1. The Morgan fingerprint density at radius 3 is 2.13 bits per heavy atom. The van der Waals surface area contributed by atoms with Crippen molar-refractivity contribution in [3.05, 3.63) is 42.0 Å². The fraction of sp³-hybridized carbons (Fsp3) is 0.316. The summed E-state index contributed by atoms with van der Waals surface area (Å²) in [5.41, 5.74) is 7.17. The van der Waals surface area contributed by atoms with Crippen LogP contribution in [0.15, 0.2) is 41.4 Å². The summed E-state index contributed by atoms with van der Waals surface area (Å²) in [5.74, 6) is 1.39. The first-order chi connectivity index (χ1) is 13.8. The quantitative estimate of drug-likeness (QED) is 0.296. The molecule has 0 aromatic heterocycles. The Kier molecular flexibility index (Phi) is 9.82. The van der Waals surface area contributed by atoms with Gasteiger partial charge in [-0.3, -0.25) is 4.99 Å². The molecule has 0 saturated carbocycles. The van der Waals surface area contributed by atoms with E-state index in [1.165, 1.54) is 45.6 Å². The SMILES string of the molecule is COc1ccc(CCN=C(N)Nc2ccc(OC(F)(F)F)cc2)c(OC)c1OC.I. The fourth-order valence-corrected chi connectivity index (χ4v) is 2.58. The summed E-state index contributed by atoms with van der Waals surface area (Å²) in [6, 6.07) is 8.78. The Morgan fingerprint density at radius 2 is 1.60 bits per heavy atom. The number of anilines is 1. The number of hydrogen-bond donors (Lipinski definition) is 2. The number of alkyl halides is 3. The van der Waals surface area contributed by atoms with Gasteiger partial charge in [0, 0.05) is 17.8 Å². The van der Waals surface area contributed by atoms with Gasteiger partial charge in [-0.2, -0.15) is 0 Å². The molecule has 11 heteroatoms. The molecule has 2 rings (SSSR count). The second-order valence-electron chi connectivity index (χ2n) is 5.71. The summed E-state index contributed by atoms with van der Waals surface area (Å²) >= 11 is 0. The maximum atomic E-state index is 12.2. The highest BCUT2D eigenvalue weighted by atomic mass is 127. The highest BCUT2D eigenvalue weighted by molar-refractivity contribution is 14.0. The largest absolute Gasteiger partial charge is 0.573 e. The van der Waals surface area contributed by atoms with E-state index in [0.29, 0.717) is 35.9 Å². The molecule has 0 amide bonds. The number of ether oxygens (including phenoxy) is 4. The molecule has 0 unspecified atom stereocenters. The van der Waals surface area contributed by atoms with Gasteiger partial charge < -0.3 is 30.0 Å². The van der Waals surface area contributed by atoms with Crippen molar-refractivity contribution < 1.29 is 32.1 Å². The number of halogens is 4. The van der Waals surface area contributed by atoms with Gasteiger partial charge in [0.15, 0.2) is 17.5 Å². The van der Waals surface area contributed by atoms with E-state index < -0.39 is 6.36 Å². The molecule has 0 atom stereocenters. The van der Waals surface area contributed by atoms with Crippen molar-refractivity contribution in [2.24, 2.45) is 10.7 Å². The predicted octanol–water partition coefficient (Wildman–Crippen LogP) is 4.20. The lowest BCUT2D eigenvalue weighted by Crippen LogP contribution is -2.23. The van der Waals surface area contributed by atoms with Gasteiger partial charge in [0.25, 0.3) is 0 Å². The summed E-state index contributed by atoms with van der Waals surface area (Å²) in [6.45, 7) is 0.347. The number of methoxy groups -OCH3 is 3. The number of hydrogen-bond acceptors (Lipinski definition) is 5. The number of aliphatic imine (C=N–C) groups is 1. The van der Waals surface area contributed by atoms with E-state index in [0.717, 1.165) is 5.56 Å². The normalized spacial score (nSPS) is 11.3. The van der Waals surface area contributed by atoms with Crippen LogP contribution in [0, 0.1) is 0 Å². The predicted molar refractivity (Wildman–Crippen MR) is 118 cm³/mol. The molecule has 2 aromatic rings. The molecule has 0 fully saturated rings. The van der Waals surface area contributed by atoms with Gasteiger partial charge in [-0.1, -0.05) is 6.07 Å². The first-order valence-corrected chi connectivity index (χ1v) is 8.48. The van der Waals surface area contributed by atoms with Crippen LogP contribution in [0.3, 0.4) is 0 Å². The Hall–Kier alpha value is -2.57. The lowest BCUT2D eigenvalue weighted by Gasteiger charge is -2.15. The molecular weight excluding hydrogens is 518 g/mol. The average Bonchev–Trinajstić information content (AvgIpc) is 2.67. The van der Waals surface area contributed by atoms with E-state index >= 15 is 0 Å². The molecule has 2 aromatic carbocycles. The first-order valence-electron chi connectivity index (χ1n) is 8.48. The van der Waals surface area contributed by atoms with Crippen LogP contribution in [-0.2, 0) is 6.42 Å². The minimum absolute atomic E-state index is 0. The van der Waals surface area contributed by atoms with Crippen LogP contribution in [-0.4, -0.2) is 40.2 Å². The molecular formula is C19H23F3IN3O4. The standard InChI is InChI=1S/C19H22F3N3O4.HI/c1-26-15-9-4-12(16(27-2)17(15)28-3)10-11-24-18(23)25-13-5-7-14(8-6-13)29-19(20,21)22;/h4-9H,10-11H2,1-3H3,(H3,23,24,25);1H. The summed E-state index contributed by atoms with van der Waals surface area (Å²) in [6.07, 6.45) is -4.22. The van der Waals surface area contributed by atoms with Crippen LogP contribution >= 0.6 is 24.0 Å². The monoisotopic (exact) mass is 541 g/mol. The van der Waals surface area contributed by atoms with Crippen molar-refractivity contribution in [1.29, 1.82) is 0 Å². The molecule has 0 aliphatic rings. The zero-order valence-electron chi connectivity index (χ0n) is 16.6. The van der Waals surface area contributed by atoms with Crippen LogP contribution in [0.1, 0.15) is 5.56 Å². The van der Waals surface area contributed by atoms with E-state index in [9.17, 15) is 13.2 Å². The third-order valence-electron chi connectivity index (χ3n) is 3.81. The van der Waals surface area contributed by atoms with Gasteiger partial charge in [0.1, 0.15) is 5.75 Å². The van der Waals surface area contributed by atoms with E-state index in [4.69, 9.17) is 19.9 Å². The van der Waals surface area contributed by atoms with Crippen LogP contribution < -0.4 is 30.0 Å². The van der Waals surface area contributed by atoms with Crippen LogP contribution in [0.5, 0.6) is 23.0 Å². The van der Waals surface area contributed by atoms with Gasteiger partial charge in [-0.05, 0) is 36.8 Å². The molecule has 0 heterocycles. The molecule has 0 radical (unpaired) electrons. The number of rotatable bonds is 8. The van der Waals surface area contributed by atoms with Crippen LogP contribution in [0.25, 0.3) is 0 Å². The molecule has 0 saturated heterocycles. The maximum absolute atomic E-state index is 12.2. The van der Waals surface area contributed by atoms with Gasteiger partial charge in [0.05, 0.1) is 21.3 Å². The molecule has 0 bridgehead atoms. The highest BCUT2D eigenvalue weighted by Crippen LogP contribution is 2.39. The molecule has 30 heavy (non-hydrogen) atoms. The number of benzene rings is 2. The van der Waals surface area contributed by atoms with Crippen LogP contribution in [0.2, 0.25) is 0 Å². The van der Waals surface area contributed by atoms with Crippen molar-refractivity contribution in [2.45, 2.75) is 12.8 Å². The summed E-state index contributed by atoms with van der Waals surface area (Å²) in [7, 11) is 4.59. The molecule has 0 spiro atoms. The third-order valence-corrected chi connectivity index (χ3v) is 3.81. The lowest BCUT2D eigenvalue weighted by atomic mass is 10.1. The number of nitrogens with two attached hydrogens (primary N) is 1. The van der Waals surface area contributed by atoms with Gasteiger partial charge >= 0.3 is 6.36 Å². The zero-order valence-corrected chi connectivity index (χ0v) is 18.9. The molecule has 166 valence electrons. The third kappa shape index (κ3) is 7.35. The second-order valence-corrected chi connectivity index (χ2v) is 5.71. The molecule has 0 aliphatic carbocycles. The summed E-state index contributed by atoms with van der Waals surface area (Å²) < 4.78 is 56.3. The second kappa shape index (κ2) is 11.6. The van der Waals surface area contributed by atoms with Crippen molar-refractivity contribution in [1.82, 2.24) is 0 Å². The number of nitrogens with one attached hydrogen (secondary N) is 1. The minimum atomic E-state index is -4.74. The minimum Gasteiger partial charge on any atom is -0.493 e. The zero-order chi connectivity index (χ0) is 21.4. The Balaban J connectivity index is 0.00000450. The van der Waals surface area contributed by atoms with Crippen molar-refractivity contribution in [2.75, 3.05) is 33.2 Å². The molecule has 7 nitrogen and oxygen atoms in total. The lowest BCUT2D eigenvalue weighted by molar-refractivity contribution is -0.274. The smallest absolute Gasteiger partial charge is 0.493 e. The number of nitrogens with zero attached hydrogens (tertiary/aromatic N) is 1. The summed E-state index contributed by atoms with van der Waals surface area (Å²) in [4.78, 5) is 4.21. The van der Waals surface area contributed by atoms with E-state index in [1.807, 2.05) is 6.07 Å². The van der Waals surface area contributed by atoms with Gasteiger partial charge in [0.2, 0.25) is 5.75 Å². The Labute approximate surface area is 189 Å². The Morgan fingerprint density at radius 1 is 0.967 bits per heavy atom. The van der Waals surface area contributed by atoms with Gasteiger partial charge in [-0.25, -0.2) is 0 Å². The van der Waals surface area contributed by atoms with Crippen molar-refractivity contribution >= 4 is 35.6 Å². The topological polar surface area (TPSA) is 87.3 Å². The Bertz CT molecular complexity index is 846.